The predicted octanol–water partition coefficient (Wildman–Crippen LogP) is 2.23. The smallest absolute Gasteiger partial charge is 0.224 e. The van der Waals surface area contributed by atoms with Crippen molar-refractivity contribution in [3.05, 3.63) is 46.9 Å². The Morgan fingerprint density at radius 2 is 2.19 bits per heavy atom. The van der Waals surface area contributed by atoms with Crippen LogP contribution >= 0.6 is 0 Å². The summed E-state index contributed by atoms with van der Waals surface area (Å²) >= 11 is 0. The molecule has 3 heterocycles. The third-order valence-corrected chi connectivity index (χ3v) is 5.10. The van der Waals surface area contributed by atoms with Crippen LogP contribution in [0.3, 0.4) is 0 Å². The highest BCUT2D eigenvalue weighted by atomic mass is 16.5. The normalized spacial score (nSPS) is 18.5. The van der Waals surface area contributed by atoms with Crippen molar-refractivity contribution in [3.63, 3.8) is 0 Å². The van der Waals surface area contributed by atoms with E-state index < -0.39 is 0 Å². The van der Waals surface area contributed by atoms with Crippen LogP contribution < -0.4 is 15.0 Å². The summed E-state index contributed by atoms with van der Waals surface area (Å²) in [6, 6.07) is 8.12. The van der Waals surface area contributed by atoms with E-state index in [2.05, 4.69) is 21.3 Å². The molecular formula is C20H24N4O2. The number of carbonyl (C=O) groups is 1. The summed E-state index contributed by atoms with van der Waals surface area (Å²) in [4.78, 5) is 23.8. The number of aryl methyl sites for hydroxylation is 1. The quantitative estimate of drug-likeness (QED) is 0.917. The highest BCUT2D eigenvalue weighted by Gasteiger charge is 2.31. The summed E-state index contributed by atoms with van der Waals surface area (Å²) in [5.41, 5.74) is 3.22. The molecule has 1 aromatic carbocycles. The average Bonchev–Trinajstić information content (AvgIpc) is 3.05. The second-order valence-electron chi connectivity index (χ2n) is 6.92. The highest BCUT2D eigenvalue weighted by Crippen LogP contribution is 2.34. The molecule has 1 fully saturated rings. The Balaban J connectivity index is 1.66. The van der Waals surface area contributed by atoms with Crippen molar-refractivity contribution in [2.75, 3.05) is 24.5 Å². The molecule has 0 bridgehead atoms. The van der Waals surface area contributed by atoms with Gasteiger partial charge in [-0.05, 0) is 31.9 Å². The molecule has 6 nitrogen and oxygen atoms in total. The van der Waals surface area contributed by atoms with Crippen molar-refractivity contribution in [2.45, 2.75) is 33.3 Å². The van der Waals surface area contributed by atoms with Gasteiger partial charge in [0.15, 0.2) is 0 Å². The van der Waals surface area contributed by atoms with Crippen molar-refractivity contribution in [1.29, 1.82) is 0 Å². The molecule has 136 valence electrons. The van der Waals surface area contributed by atoms with Crippen LogP contribution in [0.15, 0.2) is 24.3 Å². The molecule has 1 aromatic heterocycles. The lowest BCUT2D eigenvalue weighted by molar-refractivity contribution is -0.124. The third-order valence-electron chi connectivity index (χ3n) is 5.10. The molecule has 0 unspecified atom stereocenters. The number of aromatic nitrogens is 2. The van der Waals surface area contributed by atoms with Gasteiger partial charge in [-0.15, -0.1) is 0 Å². The molecule has 0 spiro atoms. The molecule has 0 saturated carbocycles. The van der Waals surface area contributed by atoms with E-state index in [0.717, 1.165) is 53.6 Å². The van der Waals surface area contributed by atoms with E-state index in [0.29, 0.717) is 19.7 Å². The van der Waals surface area contributed by atoms with E-state index in [4.69, 9.17) is 9.72 Å². The monoisotopic (exact) mass is 352 g/mol. The Morgan fingerprint density at radius 3 is 3.04 bits per heavy atom. The van der Waals surface area contributed by atoms with Crippen molar-refractivity contribution in [3.8, 4) is 5.75 Å². The fourth-order valence-electron chi connectivity index (χ4n) is 3.81. The standard InChI is InChI=1S/C20H24N4O2/c1-3-21-20(25)15-8-9-24(11-15)19-16-10-14-6-4-5-7-18(14)26-12-17(16)22-13(2)23-19/h4-7,15H,3,8-12H2,1-2H3,(H,21,25)/t15-/m0/s1. The van der Waals surface area contributed by atoms with Crippen LogP contribution in [0.25, 0.3) is 0 Å². The number of hydrogen-bond donors (Lipinski definition) is 1. The number of hydrogen-bond acceptors (Lipinski definition) is 5. The number of anilines is 1. The van der Waals surface area contributed by atoms with E-state index in [-0.39, 0.29) is 11.8 Å². The van der Waals surface area contributed by atoms with Crippen LogP contribution in [-0.4, -0.2) is 35.5 Å². The first-order chi connectivity index (χ1) is 12.7. The first-order valence-electron chi connectivity index (χ1n) is 9.25. The zero-order chi connectivity index (χ0) is 18.1. The molecule has 2 aliphatic rings. The number of amides is 1. The second kappa shape index (κ2) is 6.94. The lowest BCUT2D eigenvalue weighted by Crippen LogP contribution is -2.33. The van der Waals surface area contributed by atoms with Crippen LogP contribution in [0, 0.1) is 12.8 Å². The maximum atomic E-state index is 12.2. The molecule has 0 aliphatic carbocycles. The highest BCUT2D eigenvalue weighted by molar-refractivity contribution is 5.80. The van der Waals surface area contributed by atoms with Gasteiger partial charge >= 0.3 is 0 Å². The molecule has 0 radical (unpaired) electrons. The Bertz CT molecular complexity index is 837. The molecule has 2 aromatic rings. The van der Waals surface area contributed by atoms with Crippen molar-refractivity contribution in [2.24, 2.45) is 5.92 Å². The molecule has 1 saturated heterocycles. The van der Waals surface area contributed by atoms with E-state index in [9.17, 15) is 4.79 Å². The van der Waals surface area contributed by atoms with E-state index in [1.165, 1.54) is 0 Å². The largest absolute Gasteiger partial charge is 0.487 e. The number of nitrogens with one attached hydrogen (secondary N) is 1. The molecule has 2 aliphatic heterocycles. The van der Waals surface area contributed by atoms with E-state index in [1.807, 2.05) is 32.0 Å². The molecule has 4 rings (SSSR count). The zero-order valence-corrected chi connectivity index (χ0v) is 15.3. The Labute approximate surface area is 153 Å². The summed E-state index contributed by atoms with van der Waals surface area (Å²) in [5, 5.41) is 2.94. The number of rotatable bonds is 3. The van der Waals surface area contributed by atoms with Gasteiger partial charge in [0, 0.05) is 31.6 Å². The first kappa shape index (κ1) is 16.8. The third kappa shape index (κ3) is 3.11. The van der Waals surface area contributed by atoms with Crippen LogP contribution in [0.1, 0.15) is 36.0 Å². The fraction of sp³-hybridized carbons (Fsp3) is 0.450. The summed E-state index contributed by atoms with van der Waals surface area (Å²) < 4.78 is 5.97. The molecular weight excluding hydrogens is 328 g/mol. The van der Waals surface area contributed by atoms with Crippen LogP contribution in [0.5, 0.6) is 5.75 Å². The Hall–Kier alpha value is -2.63. The number of carbonyl (C=O) groups excluding carboxylic acids is 1. The SMILES string of the molecule is CCNC(=O)[C@H]1CCN(c2nc(C)nc3c2Cc2ccccc2OC3)C1. The summed E-state index contributed by atoms with van der Waals surface area (Å²) in [5.74, 6) is 2.78. The van der Waals surface area contributed by atoms with Crippen molar-refractivity contribution >= 4 is 11.7 Å². The van der Waals surface area contributed by atoms with Gasteiger partial charge in [-0.3, -0.25) is 4.79 Å². The molecule has 1 atom stereocenters. The molecule has 1 amide bonds. The van der Waals surface area contributed by atoms with Gasteiger partial charge in [0.2, 0.25) is 5.91 Å². The minimum Gasteiger partial charge on any atom is -0.487 e. The molecule has 26 heavy (non-hydrogen) atoms. The summed E-state index contributed by atoms with van der Waals surface area (Å²) in [7, 11) is 0. The zero-order valence-electron chi connectivity index (χ0n) is 15.3. The van der Waals surface area contributed by atoms with Crippen LogP contribution in [0.2, 0.25) is 0 Å². The van der Waals surface area contributed by atoms with E-state index >= 15 is 0 Å². The average molecular weight is 352 g/mol. The number of fused-ring (bicyclic) bond motifs is 2. The molecule has 6 heteroatoms. The number of nitrogens with zero attached hydrogens (tertiary/aromatic N) is 3. The van der Waals surface area contributed by atoms with Crippen LogP contribution in [0.4, 0.5) is 5.82 Å². The minimum absolute atomic E-state index is 0.0233. The Kier molecular flexibility index (Phi) is 4.49. The van der Waals surface area contributed by atoms with Gasteiger partial charge in [0.25, 0.3) is 0 Å². The van der Waals surface area contributed by atoms with Gasteiger partial charge < -0.3 is 15.0 Å². The van der Waals surface area contributed by atoms with Gasteiger partial charge in [-0.25, -0.2) is 9.97 Å². The fourth-order valence-corrected chi connectivity index (χ4v) is 3.81. The van der Waals surface area contributed by atoms with Crippen molar-refractivity contribution < 1.29 is 9.53 Å². The number of para-hydroxylation sites is 1. The number of ether oxygens (including phenoxy) is 1. The minimum atomic E-state index is 0.0233. The lowest BCUT2D eigenvalue weighted by Gasteiger charge is -2.22. The maximum absolute atomic E-state index is 12.2. The first-order valence-corrected chi connectivity index (χ1v) is 9.25. The van der Waals surface area contributed by atoms with Gasteiger partial charge in [-0.2, -0.15) is 0 Å². The van der Waals surface area contributed by atoms with E-state index in [1.54, 1.807) is 0 Å². The Morgan fingerprint density at radius 1 is 1.35 bits per heavy atom. The topological polar surface area (TPSA) is 67.4 Å². The second-order valence-corrected chi connectivity index (χ2v) is 6.92. The summed E-state index contributed by atoms with van der Waals surface area (Å²) in [6.07, 6.45) is 1.61. The van der Waals surface area contributed by atoms with Crippen molar-refractivity contribution in [1.82, 2.24) is 15.3 Å². The van der Waals surface area contributed by atoms with Gasteiger partial charge in [0.1, 0.15) is 24.0 Å². The lowest BCUT2D eigenvalue weighted by atomic mass is 10.0. The van der Waals surface area contributed by atoms with Gasteiger partial charge in [0.05, 0.1) is 11.6 Å². The van der Waals surface area contributed by atoms with Crippen LogP contribution in [-0.2, 0) is 17.8 Å². The molecule has 1 N–H and O–H groups in total. The maximum Gasteiger partial charge on any atom is 0.224 e. The number of benzene rings is 1. The van der Waals surface area contributed by atoms with Gasteiger partial charge in [-0.1, -0.05) is 18.2 Å². The summed E-state index contributed by atoms with van der Waals surface area (Å²) in [6.45, 7) is 6.54. The predicted molar refractivity (Wildman–Crippen MR) is 99.4 cm³/mol.